The molecule has 1 N–H and O–H groups in total. The Morgan fingerprint density at radius 2 is 2.00 bits per heavy atom. The molecule has 1 fully saturated rings. The summed E-state index contributed by atoms with van der Waals surface area (Å²) in [6.07, 6.45) is 3.29. The lowest BCUT2D eigenvalue weighted by atomic mass is 9.77. The van der Waals surface area contributed by atoms with E-state index < -0.39 is 5.54 Å². The van der Waals surface area contributed by atoms with E-state index in [2.05, 4.69) is 19.2 Å². The molecule has 0 radical (unpaired) electrons. The zero-order chi connectivity index (χ0) is 24.3. The van der Waals surface area contributed by atoms with Crippen LogP contribution in [0.5, 0.6) is 11.5 Å². The van der Waals surface area contributed by atoms with E-state index >= 15 is 0 Å². The van der Waals surface area contributed by atoms with Gasteiger partial charge in [-0.05, 0) is 60.4 Å². The average molecular weight is 494 g/mol. The first-order valence-electron chi connectivity index (χ1n) is 12.4. The van der Waals surface area contributed by atoms with Crippen LogP contribution in [0.4, 0.5) is 0 Å². The number of benzene rings is 1. The molecule has 3 aliphatic rings. The molecule has 3 aromatic rings. The summed E-state index contributed by atoms with van der Waals surface area (Å²) in [5.74, 6) is 2.14. The van der Waals surface area contributed by atoms with E-state index in [1.807, 2.05) is 47.2 Å². The summed E-state index contributed by atoms with van der Waals surface area (Å²) in [5, 5.41) is 5.40. The van der Waals surface area contributed by atoms with E-state index in [0.717, 1.165) is 28.6 Å². The van der Waals surface area contributed by atoms with Gasteiger partial charge in [-0.2, -0.15) is 0 Å². The number of aromatic nitrogens is 1. The van der Waals surface area contributed by atoms with Crippen LogP contribution in [0.1, 0.15) is 56.1 Å². The van der Waals surface area contributed by atoms with Crippen molar-refractivity contribution in [2.75, 3.05) is 6.79 Å². The number of fused-ring (bicyclic) bond motifs is 4. The largest absolute Gasteiger partial charge is 0.454 e. The maximum Gasteiger partial charge on any atom is 0.271 e. The van der Waals surface area contributed by atoms with Gasteiger partial charge in [0.05, 0.1) is 16.8 Å². The van der Waals surface area contributed by atoms with Crippen LogP contribution in [-0.4, -0.2) is 39.7 Å². The summed E-state index contributed by atoms with van der Waals surface area (Å²) in [7, 11) is 0. The minimum Gasteiger partial charge on any atom is -0.454 e. The first-order valence-corrected chi connectivity index (χ1v) is 13.3. The Labute approximate surface area is 209 Å². The fourth-order valence-electron chi connectivity index (χ4n) is 5.85. The highest BCUT2D eigenvalue weighted by Crippen LogP contribution is 2.38. The van der Waals surface area contributed by atoms with Crippen molar-refractivity contribution in [3.63, 3.8) is 0 Å². The molecule has 0 bridgehead atoms. The zero-order valence-electron chi connectivity index (χ0n) is 20.4. The second-order valence-electron chi connectivity index (χ2n) is 10.5. The molecule has 2 amide bonds. The molecule has 2 aliphatic heterocycles. The molecule has 0 unspecified atom stereocenters. The van der Waals surface area contributed by atoms with Crippen molar-refractivity contribution in [2.45, 2.75) is 64.7 Å². The minimum absolute atomic E-state index is 0.0831. The van der Waals surface area contributed by atoms with Crippen molar-refractivity contribution in [3.05, 3.63) is 47.0 Å². The summed E-state index contributed by atoms with van der Waals surface area (Å²) in [5.41, 5.74) is 1.52. The van der Waals surface area contributed by atoms with Crippen LogP contribution in [0.3, 0.4) is 0 Å². The smallest absolute Gasteiger partial charge is 0.271 e. The van der Waals surface area contributed by atoms with Crippen LogP contribution in [0.15, 0.2) is 35.7 Å². The van der Waals surface area contributed by atoms with Crippen molar-refractivity contribution in [1.29, 1.82) is 0 Å². The number of carbonyl (C=O) groups is 2. The Morgan fingerprint density at radius 3 is 2.86 bits per heavy atom. The number of thiophene rings is 1. The van der Waals surface area contributed by atoms with Gasteiger partial charge < -0.3 is 24.3 Å². The molecule has 8 heteroatoms. The van der Waals surface area contributed by atoms with Crippen LogP contribution in [-0.2, 0) is 17.9 Å². The van der Waals surface area contributed by atoms with Gasteiger partial charge in [0.1, 0.15) is 11.2 Å². The van der Waals surface area contributed by atoms with Crippen molar-refractivity contribution in [1.82, 2.24) is 14.8 Å². The molecule has 4 atom stereocenters. The van der Waals surface area contributed by atoms with Gasteiger partial charge in [-0.1, -0.05) is 32.8 Å². The third-order valence-corrected chi connectivity index (χ3v) is 9.19. The van der Waals surface area contributed by atoms with Crippen LogP contribution < -0.4 is 14.8 Å². The Balaban J connectivity index is 1.37. The SMILES string of the molecule is C[C@@H]1[C@H](C)CCC[C@@H]1NC(=O)[C@]1(C)Cn2c(cc3sccc32)C(=O)N1Cc1ccc2c(c1)OCO2. The summed E-state index contributed by atoms with van der Waals surface area (Å²) >= 11 is 1.62. The molecular formula is C27H31N3O4S. The molecule has 184 valence electrons. The summed E-state index contributed by atoms with van der Waals surface area (Å²) < 4.78 is 14.1. The predicted octanol–water partition coefficient (Wildman–Crippen LogP) is 4.79. The predicted molar refractivity (Wildman–Crippen MR) is 135 cm³/mol. The monoisotopic (exact) mass is 493 g/mol. The molecule has 6 rings (SSSR count). The average Bonchev–Trinajstić information content (AvgIpc) is 3.56. The highest BCUT2D eigenvalue weighted by molar-refractivity contribution is 7.17. The van der Waals surface area contributed by atoms with E-state index in [1.165, 1.54) is 6.42 Å². The van der Waals surface area contributed by atoms with E-state index in [0.29, 0.717) is 42.1 Å². The molecule has 7 nitrogen and oxygen atoms in total. The fourth-order valence-corrected chi connectivity index (χ4v) is 6.67. The standard InChI is InChI=1S/C27H31N3O4S/c1-16-5-4-6-19(17(16)2)28-26(32)27(3)14-29-20-9-10-35-24(20)12-21(29)25(31)30(27)13-18-7-8-22-23(11-18)34-15-33-22/h7-12,16-17,19H,4-6,13-15H2,1-3H3,(H,28,32)/t16-,17-,19+,27+/m1/s1. The third kappa shape index (κ3) is 3.61. The lowest BCUT2D eigenvalue weighted by molar-refractivity contribution is -0.134. The Morgan fingerprint density at radius 1 is 1.17 bits per heavy atom. The van der Waals surface area contributed by atoms with Crippen LogP contribution in [0.25, 0.3) is 10.2 Å². The molecule has 1 aromatic carbocycles. The molecule has 0 saturated heterocycles. The molecule has 2 aromatic heterocycles. The Bertz CT molecular complexity index is 1310. The number of rotatable bonds is 4. The first kappa shape index (κ1) is 22.5. The van der Waals surface area contributed by atoms with E-state index in [1.54, 1.807) is 16.2 Å². The molecule has 35 heavy (non-hydrogen) atoms. The van der Waals surface area contributed by atoms with Crippen LogP contribution in [0.2, 0.25) is 0 Å². The topological polar surface area (TPSA) is 72.8 Å². The van der Waals surface area contributed by atoms with Gasteiger partial charge >= 0.3 is 0 Å². The molecular weight excluding hydrogens is 462 g/mol. The Hall–Kier alpha value is -3.00. The Kier molecular flexibility index (Phi) is 5.32. The maximum absolute atomic E-state index is 14.0. The van der Waals surface area contributed by atoms with Crippen molar-refractivity contribution >= 4 is 33.4 Å². The van der Waals surface area contributed by atoms with Crippen LogP contribution >= 0.6 is 11.3 Å². The number of ether oxygens (including phenoxy) is 2. The van der Waals surface area contributed by atoms with Crippen LogP contribution in [0, 0.1) is 11.8 Å². The normalized spacial score (nSPS) is 27.8. The van der Waals surface area contributed by atoms with Gasteiger partial charge in [0, 0.05) is 12.6 Å². The van der Waals surface area contributed by atoms with Crippen molar-refractivity contribution < 1.29 is 19.1 Å². The fraction of sp³-hybridized carbons (Fsp3) is 0.481. The third-order valence-electron chi connectivity index (χ3n) is 8.34. The molecule has 1 saturated carbocycles. The van der Waals surface area contributed by atoms with E-state index in [-0.39, 0.29) is 24.6 Å². The van der Waals surface area contributed by atoms with Gasteiger partial charge in [-0.3, -0.25) is 9.59 Å². The second kappa shape index (κ2) is 8.29. The lowest BCUT2D eigenvalue weighted by Gasteiger charge is -2.45. The van der Waals surface area contributed by atoms with E-state index in [9.17, 15) is 9.59 Å². The number of hydrogen-bond donors (Lipinski definition) is 1. The van der Waals surface area contributed by atoms with Gasteiger partial charge in [0.25, 0.3) is 5.91 Å². The van der Waals surface area contributed by atoms with Gasteiger partial charge in [-0.15, -0.1) is 11.3 Å². The van der Waals surface area contributed by atoms with Crippen molar-refractivity contribution in [2.24, 2.45) is 11.8 Å². The summed E-state index contributed by atoms with van der Waals surface area (Å²) in [6.45, 7) is 7.33. The lowest BCUT2D eigenvalue weighted by Crippen LogP contribution is -2.65. The number of hydrogen-bond acceptors (Lipinski definition) is 5. The highest BCUT2D eigenvalue weighted by atomic mass is 32.1. The van der Waals surface area contributed by atoms with Gasteiger partial charge in [-0.25, -0.2) is 0 Å². The maximum atomic E-state index is 14.0. The van der Waals surface area contributed by atoms with Gasteiger partial charge in [0.15, 0.2) is 11.5 Å². The highest BCUT2D eigenvalue weighted by Gasteiger charge is 2.48. The van der Waals surface area contributed by atoms with Crippen molar-refractivity contribution in [3.8, 4) is 11.5 Å². The number of nitrogens with one attached hydrogen (secondary N) is 1. The summed E-state index contributed by atoms with van der Waals surface area (Å²) in [6, 6.07) is 9.83. The first-order chi connectivity index (χ1) is 16.8. The van der Waals surface area contributed by atoms with Gasteiger partial charge in [0.2, 0.25) is 12.7 Å². The number of nitrogens with zero attached hydrogens (tertiary/aromatic N) is 2. The number of amides is 2. The second-order valence-corrected chi connectivity index (χ2v) is 11.4. The summed E-state index contributed by atoms with van der Waals surface area (Å²) in [4.78, 5) is 29.7. The van der Waals surface area contributed by atoms with E-state index in [4.69, 9.17) is 9.47 Å². The minimum atomic E-state index is -1.03. The number of carbonyl (C=O) groups excluding carboxylic acids is 2. The molecule has 4 heterocycles. The zero-order valence-corrected chi connectivity index (χ0v) is 21.2. The molecule has 0 spiro atoms. The quantitative estimate of drug-likeness (QED) is 0.567. The molecule has 1 aliphatic carbocycles.